The summed E-state index contributed by atoms with van der Waals surface area (Å²) in [4.78, 5) is 9.57. The molecule has 3 rings (SSSR count). The van der Waals surface area contributed by atoms with Gasteiger partial charge in [-0.2, -0.15) is 0 Å². The van der Waals surface area contributed by atoms with Gasteiger partial charge in [0.1, 0.15) is 11.9 Å². The molecule has 104 valence electrons. The molecule has 4 heteroatoms. The van der Waals surface area contributed by atoms with E-state index in [0.29, 0.717) is 5.92 Å². The van der Waals surface area contributed by atoms with E-state index in [0.717, 1.165) is 24.5 Å². The Kier molecular flexibility index (Phi) is 3.69. The lowest BCUT2D eigenvalue weighted by Gasteiger charge is -2.18. The summed E-state index contributed by atoms with van der Waals surface area (Å²) in [6, 6.07) is 0. The van der Waals surface area contributed by atoms with Crippen molar-refractivity contribution >= 4 is 5.82 Å². The molecule has 0 aliphatic heterocycles. The van der Waals surface area contributed by atoms with Crippen LogP contribution in [0.25, 0.3) is 0 Å². The molecule has 1 fully saturated rings. The molecule has 1 unspecified atom stereocenters. The van der Waals surface area contributed by atoms with Gasteiger partial charge in [-0.1, -0.05) is 6.42 Å². The van der Waals surface area contributed by atoms with Gasteiger partial charge in [0.15, 0.2) is 5.82 Å². The number of anilines is 1. The second-order valence-corrected chi connectivity index (χ2v) is 5.66. The van der Waals surface area contributed by atoms with Crippen LogP contribution in [0.5, 0.6) is 0 Å². The summed E-state index contributed by atoms with van der Waals surface area (Å²) in [6.07, 6.45) is 8.55. The number of hydrogen-bond donors (Lipinski definition) is 1. The van der Waals surface area contributed by atoms with Gasteiger partial charge in [-0.3, -0.25) is 0 Å². The zero-order chi connectivity index (χ0) is 13.2. The molecule has 0 spiro atoms. The molecule has 0 bridgehead atoms. The average molecular weight is 261 g/mol. The van der Waals surface area contributed by atoms with Gasteiger partial charge in [-0.15, -0.1) is 0 Å². The van der Waals surface area contributed by atoms with Crippen molar-refractivity contribution in [1.29, 1.82) is 0 Å². The Morgan fingerprint density at radius 2 is 1.95 bits per heavy atom. The topological polar surface area (TPSA) is 47.0 Å². The van der Waals surface area contributed by atoms with Crippen molar-refractivity contribution in [3.05, 3.63) is 17.1 Å². The third kappa shape index (κ3) is 2.59. The van der Waals surface area contributed by atoms with E-state index in [1.54, 1.807) is 7.11 Å². The van der Waals surface area contributed by atoms with Crippen LogP contribution in [0.15, 0.2) is 0 Å². The van der Waals surface area contributed by atoms with Crippen molar-refractivity contribution < 1.29 is 4.74 Å². The van der Waals surface area contributed by atoms with E-state index in [-0.39, 0.29) is 6.10 Å². The molecule has 1 atom stereocenters. The lowest BCUT2D eigenvalue weighted by molar-refractivity contribution is 0.0771. The summed E-state index contributed by atoms with van der Waals surface area (Å²) in [6.45, 7) is 0. The van der Waals surface area contributed by atoms with Crippen LogP contribution in [-0.2, 0) is 17.6 Å². The molecule has 1 heterocycles. The second-order valence-electron chi connectivity index (χ2n) is 5.66. The van der Waals surface area contributed by atoms with Crippen LogP contribution in [0.2, 0.25) is 0 Å². The number of hydrogen-bond acceptors (Lipinski definition) is 4. The van der Waals surface area contributed by atoms with Crippen molar-refractivity contribution in [2.24, 2.45) is 5.92 Å². The van der Waals surface area contributed by atoms with E-state index in [1.807, 2.05) is 7.05 Å². The Morgan fingerprint density at radius 3 is 2.63 bits per heavy atom. The Labute approximate surface area is 115 Å². The van der Waals surface area contributed by atoms with Crippen LogP contribution >= 0.6 is 0 Å². The minimum atomic E-state index is 0.0839. The summed E-state index contributed by atoms with van der Waals surface area (Å²) in [7, 11) is 3.73. The van der Waals surface area contributed by atoms with Crippen LogP contribution in [0.1, 0.15) is 55.3 Å². The van der Waals surface area contributed by atoms with Crippen molar-refractivity contribution in [2.45, 2.75) is 51.0 Å². The molecule has 0 aromatic carbocycles. The Balaban J connectivity index is 1.99. The Hall–Kier alpha value is -1.16. The quantitative estimate of drug-likeness (QED) is 0.847. The molecule has 4 nitrogen and oxygen atoms in total. The number of methoxy groups -OCH3 is 1. The Morgan fingerprint density at radius 1 is 1.16 bits per heavy atom. The first-order chi connectivity index (χ1) is 9.33. The third-order valence-corrected chi connectivity index (χ3v) is 4.25. The second kappa shape index (κ2) is 5.45. The lowest BCUT2D eigenvalue weighted by atomic mass is 10.1. The smallest absolute Gasteiger partial charge is 0.160 e. The lowest BCUT2D eigenvalue weighted by Crippen LogP contribution is -2.14. The SMILES string of the molecule is CNc1nc(C(OC)C2CC2)nc2c1CCCCC2. The predicted octanol–water partition coefficient (Wildman–Crippen LogP) is 2.88. The van der Waals surface area contributed by atoms with Gasteiger partial charge in [0.2, 0.25) is 0 Å². The number of nitrogens with one attached hydrogen (secondary N) is 1. The summed E-state index contributed by atoms with van der Waals surface area (Å²) in [5.74, 6) is 2.53. The highest BCUT2D eigenvalue weighted by atomic mass is 16.5. The molecule has 0 radical (unpaired) electrons. The maximum atomic E-state index is 5.63. The number of ether oxygens (including phenoxy) is 1. The molecule has 2 aliphatic rings. The molecule has 1 N–H and O–H groups in total. The number of nitrogens with zero attached hydrogens (tertiary/aromatic N) is 2. The fraction of sp³-hybridized carbons (Fsp3) is 0.733. The highest BCUT2D eigenvalue weighted by Gasteiger charge is 2.35. The molecule has 1 aromatic heterocycles. The molecular formula is C15H23N3O. The Bertz CT molecular complexity index is 457. The van der Waals surface area contributed by atoms with E-state index in [4.69, 9.17) is 14.7 Å². The zero-order valence-corrected chi connectivity index (χ0v) is 11.9. The fourth-order valence-electron chi connectivity index (χ4n) is 3.03. The van der Waals surface area contributed by atoms with Gasteiger partial charge in [0.25, 0.3) is 0 Å². The van der Waals surface area contributed by atoms with Crippen LogP contribution in [0, 0.1) is 5.92 Å². The molecule has 0 amide bonds. The molecular weight excluding hydrogens is 238 g/mol. The summed E-state index contributed by atoms with van der Waals surface area (Å²) in [5, 5.41) is 3.25. The summed E-state index contributed by atoms with van der Waals surface area (Å²) in [5.41, 5.74) is 2.57. The summed E-state index contributed by atoms with van der Waals surface area (Å²) >= 11 is 0. The summed E-state index contributed by atoms with van der Waals surface area (Å²) < 4.78 is 5.63. The van der Waals surface area contributed by atoms with Gasteiger partial charge >= 0.3 is 0 Å². The highest BCUT2D eigenvalue weighted by Crippen LogP contribution is 2.42. The van der Waals surface area contributed by atoms with Crippen LogP contribution < -0.4 is 5.32 Å². The largest absolute Gasteiger partial charge is 0.373 e. The maximum Gasteiger partial charge on any atom is 0.160 e. The van der Waals surface area contributed by atoms with Gasteiger partial charge in [0.05, 0.1) is 0 Å². The first-order valence-corrected chi connectivity index (χ1v) is 7.43. The number of rotatable bonds is 4. The van der Waals surface area contributed by atoms with Crippen LogP contribution in [0.3, 0.4) is 0 Å². The minimum absolute atomic E-state index is 0.0839. The highest BCUT2D eigenvalue weighted by molar-refractivity contribution is 5.47. The van der Waals surface area contributed by atoms with Crippen LogP contribution in [0.4, 0.5) is 5.82 Å². The van der Waals surface area contributed by atoms with E-state index in [9.17, 15) is 0 Å². The molecule has 1 saturated carbocycles. The van der Waals surface area contributed by atoms with Gasteiger partial charge in [-0.25, -0.2) is 9.97 Å². The first kappa shape index (κ1) is 12.9. The average Bonchev–Trinajstić information content (AvgIpc) is 3.25. The molecule has 19 heavy (non-hydrogen) atoms. The monoisotopic (exact) mass is 261 g/mol. The maximum absolute atomic E-state index is 5.63. The van der Waals surface area contributed by atoms with E-state index in [1.165, 1.54) is 43.4 Å². The number of aryl methyl sites for hydroxylation is 1. The zero-order valence-electron chi connectivity index (χ0n) is 11.9. The third-order valence-electron chi connectivity index (χ3n) is 4.25. The molecule has 1 aromatic rings. The van der Waals surface area contributed by atoms with Crippen molar-refractivity contribution in [1.82, 2.24) is 9.97 Å². The van der Waals surface area contributed by atoms with Crippen molar-refractivity contribution in [3.8, 4) is 0 Å². The molecule has 2 aliphatic carbocycles. The fourth-order valence-corrected chi connectivity index (χ4v) is 3.03. The van der Waals surface area contributed by atoms with Crippen molar-refractivity contribution in [2.75, 3.05) is 19.5 Å². The standard InChI is InChI=1S/C15H23N3O/c1-16-14-11-6-4-3-5-7-12(11)17-15(18-14)13(19-2)10-8-9-10/h10,13H,3-9H2,1-2H3,(H,16,17,18). The number of aromatic nitrogens is 2. The van der Waals surface area contributed by atoms with Crippen LogP contribution in [-0.4, -0.2) is 24.1 Å². The normalized spacial score (nSPS) is 20.5. The van der Waals surface area contributed by atoms with E-state index >= 15 is 0 Å². The predicted molar refractivity (Wildman–Crippen MR) is 75.3 cm³/mol. The van der Waals surface area contributed by atoms with Gasteiger partial charge in [-0.05, 0) is 44.4 Å². The number of fused-ring (bicyclic) bond motifs is 1. The van der Waals surface area contributed by atoms with Crippen molar-refractivity contribution in [3.63, 3.8) is 0 Å². The van der Waals surface area contributed by atoms with Gasteiger partial charge in [0, 0.05) is 25.4 Å². The van der Waals surface area contributed by atoms with E-state index < -0.39 is 0 Å². The first-order valence-electron chi connectivity index (χ1n) is 7.43. The molecule has 0 saturated heterocycles. The van der Waals surface area contributed by atoms with E-state index in [2.05, 4.69) is 5.32 Å². The minimum Gasteiger partial charge on any atom is -0.373 e. The van der Waals surface area contributed by atoms with Gasteiger partial charge < -0.3 is 10.1 Å².